The van der Waals surface area contributed by atoms with Crippen molar-refractivity contribution in [2.75, 3.05) is 13.2 Å². The molecule has 1 aliphatic heterocycles. The van der Waals surface area contributed by atoms with Gasteiger partial charge in [-0.05, 0) is 37.1 Å². The minimum Gasteiger partial charge on any atom is -0.381 e. The highest BCUT2D eigenvalue weighted by atomic mass is 79.9. The van der Waals surface area contributed by atoms with E-state index in [0.717, 1.165) is 35.5 Å². The average molecular weight is 336 g/mol. The van der Waals surface area contributed by atoms with Crippen molar-refractivity contribution in [2.24, 2.45) is 11.7 Å². The molecule has 4 nitrogen and oxygen atoms in total. The van der Waals surface area contributed by atoms with E-state index in [-0.39, 0.29) is 6.04 Å². The molecule has 2 unspecified atom stereocenters. The Hall–Kier alpha value is -1.17. The SMILES string of the molecule is Cc1cc(-n2cncc2C(N)C2CCOC2)ccc1Br. The van der Waals surface area contributed by atoms with Gasteiger partial charge in [-0.25, -0.2) is 4.98 Å². The maximum absolute atomic E-state index is 6.40. The van der Waals surface area contributed by atoms with E-state index in [1.807, 2.05) is 12.5 Å². The molecular weight excluding hydrogens is 318 g/mol. The van der Waals surface area contributed by atoms with Crippen molar-refractivity contribution in [1.29, 1.82) is 0 Å². The van der Waals surface area contributed by atoms with Crippen molar-refractivity contribution in [2.45, 2.75) is 19.4 Å². The van der Waals surface area contributed by atoms with Crippen LogP contribution in [0.2, 0.25) is 0 Å². The number of benzene rings is 1. The monoisotopic (exact) mass is 335 g/mol. The lowest BCUT2D eigenvalue weighted by molar-refractivity contribution is 0.180. The average Bonchev–Trinajstić information content (AvgIpc) is 3.11. The summed E-state index contributed by atoms with van der Waals surface area (Å²) in [5.74, 6) is 0.377. The van der Waals surface area contributed by atoms with Gasteiger partial charge in [-0.15, -0.1) is 0 Å². The van der Waals surface area contributed by atoms with Gasteiger partial charge in [0.05, 0.1) is 30.9 Å². The number of nitrogens with two attached hydrogens (primary N) is 1. The molecule has 2 atom stereocenters. The Morgan fingerprint density at radius 1 is 1.50 bits per heavy atom. The Labute approximate surface area is 127 Å². The van der Waals surface area contributed by atoms with Crippen LogP contribution < -0.4 is 5.73 Å². The summed E-state index contributed by atoms with van der Waals surface area (Å²) in [6.45, 7) is 3.63. The molecule has 20 heavy (non-hydrogen) atoms. The molecule has 2 heterocycles. The van der Waals surface area contributed by atoms with E-state index >= 15 is 0 Å². The van der Waals surface area contributed by atoms with Crippen molar-refractivity contribution < 1.29 is 4.74 Å². The van der Waals surface area contributed by atoms with E-state index in [1.165, 1.54) is 5.56 Å². The number of aryl methyl sites for hydroxylation is 1. The maximum Gasteiger partial charge on any atom is 0.0994 e. The second-order valence-corrected chi connectivity index (χ2v) is 6.13. The molecule has 2 N–H and O–H groups in total. The van der Waals surface area contributed by atoms with Gasteiger partial charge in [0.15, 0.2) is 0 Å². The molecule has 3 rings (SSSR count). The molecule has 2 aromatic rings. The van der Waals surface area contributed by atoms with Gasteiger partial charge in [-0.3, -0.25) is 0 Å². The van der Waals surface area contributed by atoms with Crippen LogP contribution in [0.15, 0.2) is 35.2 Å². The molecule has 1 aromatic carbocycles. The number of aromatic nitrogens is 2. The Morgan fingerprint density at radius 3 is 3.05 bits per heavy atom. The van der Waals surface area contributed by atoms with E-state index in [9.17, 15) is 0 Å². The zero-order valence-electron chi connectivity index (χ0n) is 11.4. The zero-order valence-corrected chi connectivity index (χ0v) is 13.0. The van der Waals surface area contributed by atoms with Crippen LogP contribution in [0.25, 0.3) is 5.69 Å². The number of rotatable bonds is 3. The van der Waals surface area contributed by atoms with Gasteiger partial charge in [0.2, 0.25) is 0 Å². The zero-order chi connectivity index (χ0) is 14.1. The third-order valence-corrected chi connectivity index (χ3v) is 4.79. The van der Waals surface area contributed by atoms with Gasteiger partial charge in [0.1, 0.15) is 0 Å². The highest BCUT2D eigenvalue weighted by Gasteiger charge is 2.26. The van der Waals surface area contributed by atoms with Gasteiger partial charge in [0.25, 0.3) is 0 Å². The predicted molar refractivity (Wildman–Crippen MR) is 81.9 cm³/mol. The number of imidazole rings is 1. The van der Waals surface area contributed by atoms with Crippen LogP contribution in [-0.4, -0.2) is 22.8 Å². The topological polar surface area (TPSA) is 53.1 Å². The van der Waals surface area contributed by atoms with Crippen LogP contribution in [0.5, 0.6) is 0 Å². The molecule has 1 saturated heterocycles. The summed E-state index contributed by atoms with van der Waals surface area (Å²) in [6, 6.07) is 6.22. The Morgan fingerprint density at radius 2 is 2.35 bits per heavy atom. The number of hydrogen-bond donors (Lipinski definition) is 1. The first-order valence-corrected chi connectivity index (χ1v) is 7.58. The van der Waals surface area contributed by atoms with E-state index in [2.05, 4.69) is 50.6 Å². The molecule has 1 aliphatic rings. The summed E-state index contributed by atoms with van der Waals surface area (Å²) >= 11 is 3.53. The molecule has 1 aromatic heterocycles. The first kappa shape index (κ1) is 13.8. The van der Waals surface area contributed by atoms with Gasteiger partial charge < -0.3 is 15.0 Å². The van der Waals surface area contributed by atoms with Gasteiger partial charge in [0, 0.05) is 22.7 Å². The molecule has 1 fully saturated rings. The normalized spacial score (nSPS) is 20.2. The van der Waals surface area contributed by atoms with Crippen molar-refractivity contribution in [3.8, 4) is 5.69 Å². The molecule has 0 bridgehead atoms. The molecule has 106 valence electrons. The van der Waals surface area contributed by atoms with Crippen molar-refractivity contribution in [1.82, 2.24) is 9.55 Å². The minimum absolute atomic E-state index is 0.0380. The fourth-order valence-corrected chi connectivity index (χ4v) is 2.87. The summed E-state index contributed by atoms with van der Waals surface area (Å²) < 4.78 is 8.62. The van der Waals surface area contributed by atoms with E-state index in [1.54, 1.807) is 0 Å². The van der Waals surface area contributed by atoms with Crippen LogP contribution in [0.3, 0.4) is 0 Å². The van der Waals surface area contributed by atoms with E-state index in [0.29, 0.717) is 5.92 Å². The summed E-state index contributed by atoms with van der Waals surface area (Å²) in [5, 5.41) is 0. The fraction of sp³-hybridized carbons (Fsp3) is 0.400. The van der Waals surface area contributed by atoms with E-state index in [4.69, 9.17) is 10.5 Å². The van der Waals surface area contributed by atoms with E-state index < -0.39 is 0 Å². The highest BCUT2D eigenvalue weighted by molar-refractivity contribution is 9.10. The third kappa shape index (κ3) is 2.53. The lowest BCUT2D eigenvalue weighted by Crippen LogP contribution is -2.24. The molecule has 0 spiro atoms. The number of ether oxygens (including phenoxy) is 1. The molecule has 0 radical (unpaired) electrons. The second-order valence-electron chi connectivity index (χ2n) is 5.27. The smallest absolute Gasteiger partial charge is 0.0994 e. The number of nitrogens with zero attached hydrogens (tertiary/aromatic N) is 2. The lowest BCUT2D eigenvalue weighted by atomic mass is 9.97. The van der Waals surface area contributed by atoms with Crippen LogP contribution >= 0.6 is 15.9 Å². The summed E-state index contributed by atoms with van der Waals surface area (Å²) in [7, 11) is 0. The highest BCUT2D eigenvalue weighted by Crippen LogP contribution is 2.28. The summed E-state index contributed by atoms with van der Waals surface area (Å²) in [6.07, 6.45) is 4.71. The quantitative estimate of drug-likeness (QED) is 0.938. The second kappa shape index (κ2) is 5.68. The van der Waals surface area contributed by atoms with Crippen LogP contribution in [-0.2, 0) is 4.74 Å². The van der Waals surface area contributed by atoms with Crippen LogP contribution in [0.1, 0.15) is 23.7 Å². The third-order valence-electron chi connectivity index (χ3n) is 3.90. The number of hydrogen-bond acceptors (Lipinski definition) is 3. The summed E-state index contributed by atoms with van der Waals surface area (Å²) in [5.41, 5.74) is 9.73. The van der Waals surface area contributed by atoms with Crippen LogP contribution in [0.4, 0.5) is 0 Å². The molecular formula is C15H18BrN3O. The Balaban J connectivity index is 1.94. The van der Waals surface area contributed by atoms with Crippen molar-refractivity contribution >= 4 is 15.9 Å². The fourth-order valence-electron chi connectivity index (χ4n) is 2.62. The van der Waals surface area contributed by atoms with Gasteiger partial charge in [-0.1, -0.05) is 15.9 Å². The molecule has 0 aliphatic carbocycles. The maximum atomic E-state index is 6.40. The summed E-state index contributed by atoms with van der Waals surface area (Å²) in [4.78, 5) is 4.27. The van der Waals surface area contributed by atoms with Crippen molar-refractivity contribution in [3.05, 3.63) is 46.5 Å². The minimum atomic E-state index is -0.0380. The standard InChI is InChI=1S/C15H18BrN3O/c1-10-6-12(2-3-13(10)16)19-9-18-7-14(19)15(17)11-4-5-20-8-11/h2-3,6-7,9,11,15H,4-5,8,17H2,1H3. The first-order valence-electron chi connectivity index (χ1n) is 6.79. The van der Waals surface area contributed by atoms with Gasteiger partial charge >= 0.3 is 0 Å². The van der Waals surface area contributed by atoms with Crippen molar-refractivity contribution in [3.63, 3.8) is 0 Å². The number of halogens is 1. The Bertz CT molecular complexity index is 605. The van der Waals surface area contributed by atoms with Gasteiger partial charge in [-0.2, -0.15) is 0 Å². The largest absolute Gasteiger partial charge is 0.381 e. The lowest BCUT2D eigenvalue weighted by Gasteiger charge is -2.19. The Kier molecular flexibility index (Phi) is 3.92. The first-order chi connectivity index (χ1) is 9.66. The predicted octanol–water partition coefficient (Wildman–Crippen LogP) is 2.98. The molecule has 5 heteroatoms. The molecule has 0 amide bonds. The molecule has 0 saturated carbocycles. The van der Waals surface area contributed by atoms with Crippen LogP contribution in [0, 0.1) is 12.8 Å².